The molecule has 1 N–H and O–H groups in total. The van der Waals surface area contributed by atoms with Crippen LogP contribution in [-0.2, 0) is 0 Å². The minimum absolute atomic E-state index is 0.0528. The zero-order valence-electron chi connectivity index (χ0n) is 18.0. The van der Waals surface area contributed by atoms with Crippen LogP contribution in [0.2, 0.25) is 0 Å². The quantitative estimate of drug-likeness (QED) is 0.831. The number of hydrogen-bond acceptors (Lipinski definition) is 4. The molecule has 0 spiro atoms. The molecule has 0 saturated carbocycles. The number of rotatable bonds is 5. The SMILES string of the molecule is COc1ccc(OC)c(C(C)NC(=O)N2CCN(c3cccc(C)c3C)CC2)c1. The molecule has 6 nitrogen and oxygen atoms in total. The summed E-state index contributed by atoms with van der Waals surface area (Å²) < 4.78 is 10.8. The van der Waals surface area contributed by atoms with Crippen LogP contribution in [0.1, 0.15) is 29.7 Å². The zero-order chi connectivity index (χ0) is 21.0. The van der Waals surface area contributed by atoms with Gasteiger partial charge in [0.2, 0.25) is 0 Å². The number of carbonyl (C=O) groups is 1. The second kappa shape index (κ2) is 9.07. The highest BCUT2D eigenvalue weighted by atomic mass is 16.5. The van der Waals surface area contributed by atoms with E-state index in [-0.39, 0.29) is 12.1 Å². The molecular formula is C23H31N3O3. The predicted molar refractivity (Wildman–Crippen MR) is 116 cm³/mol. The van der Waals surface area contributed by atoms with Crippen LogP contribution in [0.3, 0.4) is 0 Å². The predicted octanol–water partition coefficient (Wildman–Crippen LogP) is 3.91. The Morgan fingerprint density at radius 3 is 2.41 bits per heavy atom. The Kier molecular flexibility index (Phi) is 6.52. The number of amides is 2. The van der Waals surface area contributed by atoms with E-state index in [0.717, 1.165) is 30.2 Å². The minimum atomic E-state index is -0.190. The first-order valence-electron chi connectivity index (χ1n) is 10.0. The van der Waals surface area contributed by atoms with Gasteiger partial charge in [0.25, 0.3) is 0 Å². The number of anilines is 1. The second-order valence-electron chi connectivity index (χ2n) is 7.47. The number of urea groups is 1. The molecule has 1 aliphatic rings. The summed E-state index contributed by atoms with van der Waals surface area (Å²) in [7, 11) is 3.26. The van der Waals surface area contributed by atoms with Gasteiger partial charge in [0.1, 0.15) is 11.5 Å². The van der Waals surface area contributed by atoms with Gasteiger partial charge in [-0.25, -0.2) is 4.79 Å². The zero-order valence-corrected chi connectivity index (χ0v) is 18.0. The van der Waals surface area contributed by atoms with E-state index in [1.54, 1.807) is 14.2 Å². The average Bonchev–Trinajstić information content (AvgIpc) is 2.75. The molecule has 1 aliphatic heterocycles. The van der Waals surface area contributed by atoms with Crippen LogP contribution in [0.15, 0.2) is 36.4 Å². The lowest BCUT2D eigenvalue weighted by atomic mass is 10.1. The molecular weight excluding hydrogens is 366 g/mol. The van der Waals surface area contributed by atoms with Gasteiger partial charge in [0.15, 0.2) is 0 Å². The van der Waals surface area contributed by atoms with Crippen LogP contribution in [0.25, 0.3) is 0 Å². The van der Waals surface area contributed by atoms with Crippen molar-refractivity contribution in [3.05, 3.63) is 53.1 Å². The van der Waals surface area contributed by atoms with Gasteiger partial charge in [0, 0.05) is 37.4 Å². The van der Waals surface area contributed by atoms with Gasteiger partial charge >= 0.3 is 6.03 Å². The summed E-state index contributed by atoms with van der Waals surface area (Å²) in [6.45, 7) is 9.30. The van der Waals surface area contributed by atoms with Crippen molar-refractivity contribution < 1.29 is 14.3 Å². The molecule has 3 rings (SSSR count). The third-order valence-corrected chi connectivity index (χ3v) is 5.73. The molecule has 1 fully saturated rings. The maximum atomic E-state index is 12.8. The van der Waals surface area contributed by atoms with Crippen molar-refractivity contribution in [3.63, 3.8) is 0 Å². The summed E-state index contributed by atoms with van der Waals surface area (Å²) in [4.78, 5) is 17.1. The molecule has 0 bridgehead atoms. The Morgan fingerprint density at radius 1 is 1.03 bits per heavy atom. The Morgan fingerprint density at radius 2 is 1.76 bits per heavy atom. The lowest BCUT2D eigenvalue weighted by Gasteiger charge is -2.37. The van der Waals surface area contributed by atoms with E-state index >= 15 is 0 Å². The Hall–Kier alpha value is -2.89. The highest BCUT2D eigenvalue weighted by Gasteiger charge is 2.24. The molecule has 156 valence electrons. The van der Waals surface area contributed by atoms with E-state index in [1.807, 2.05) is 30.0 Å². The molecule has 2 amide bonds. The normalized spacial score (nSPS) is 15.1. The first kappa shape index (κ1) is 20.8. The third-order valence-electron chi connectivity index (χ3n) is 5.73. The number of nitrogens with one attached hydrogen (secondary N) is 1. The van der Waals surface area contributed by atoms with E-state index in [2.05, 4.69) is 42.3 Å². The number of aryl methyl sites for hydroxylation is 1. The lowest BCUT2D eigenvalue weighted by Crippen LogP contribution is -2.52. The summed E-state index contributed by atoms with van der Waals surface area (Å²) in [6.07, 6.45) is 0. The van der Waals surface area contributed by atoms with Crippen molar-refractivity contribution in [1.82, 2.24) is 10.2 Å². The van der Waals surface area contributed by atoms with E-state index in [0.29, 0.717) is 13.1 Å². The molecule has 0 radical (unpaired) electrons. The number of piperazine rings is 1. The molecule has 1 unspecified atom stereocenters. The Bertz CT molecular complexity index is 860. The van der Waals surface area contributed by atoms with Crippen molar-refractivity contribution in [2.45, 2.75) is 26.8 Å². The van der Waals surface area contributed by atoms with Crippen molar-refractivity contribution in [2.24, 2.45) is 0 Å². The molecule has 1 atom stereocenters. The average molecular weight is 398 g/mol. The van der Waals surface area contributed by atoms with Crippen LogP contribution in [0, 0.1) is 13.8 Å². The van der Waals surface area contributed by atoms with Crippen molar-refractivity contribution in [3.8, 4) is 11.5 Å². The van der Waals surface area contributed by atoms with Crippen LogP contribution < -0.4 is 19.7 Å². The van der Waals surface area contributed by atoms with E-state index in [4.69, 9.17) is 9.47 Å². The standard InChI is InChI=1S/C23H31N3O3/c1-16-7-6-8-21(17(16)2)25-11-13-26(14-12-25)23(27)24-18(3)20-15-19(28-4)9-10-22(20)29-5/h6-10,15,18H,11-14H2,1-5H3,(H,24,27). The number of hydrogen-bond donors (Lipinski definition) is 1. The molecule has 1 saturated heterocycles. The largest absolute Gasteiger partial charge is 0.497 e. The van der Waals surface area contributed by atoms with Gasteiger partial charge in [-0.05, 0) is 56.2 Å². The third kappa shape index (κ3) is 4.58. The van der Waals surface area contributed by atoms with Crippen LogP contribution in [0.4, 0.5) is 10.5 Å². The molecule has 1 heterocycles. The van der Waals surface area contributed by atoms with Gasteiger partial charge in [-0.2, -0.15) is 0 Å². The van der Waals surface area contributed by atoms with Gasteiger partial charge in [-0.1, -0.05) is 12.1 Å². The van der Waals surface area contributed by atoms with Gasteiger partial charge in [-0.3, -0.25) is 0 Å². The van der Waals surface area contributed by atoms with E-state index in [1.165, 1.54) is 16.8 Å². The number of benzene rings is 2. The maximum absolute atomic E-state index is 12.8. The van der Waals surface area contributed by atoms with Crippen molar-refractivity contribution >= 4 is 11.7 Å². The number of carbonyl (C=O) groups excluding carboxylic acids is 1. The summed E-state index contributed by atoms with van der Waals surface area (Å²) in [6, 6.07) is 11.8. The van der Waals surface area contributed by atoms with E-state index in [9.17, 15) is 4.79 Å². The fraction of sp³-hybridized carbons (Fsp3) is 0.435. The highest BCUT2D eigenvalue weighted by Crippen LogP contribution is 2.29. The Labute approximate surface area is 173 Å². The van der Waals surface area contributed by atoms with Crippen molar-refractivity contribution in [1.29, 1.82) is 0 Å². The molecule has 2 aromatic carbocycles. The minimum Gasteiger partial charge on any atom is -0.497 e. The first-order valence-corrected chi connectivity index (χ1v) is 10.0. The second-order valence-corrected chi connectivity index (χ2v) is 7.47. The Balaban J connectivity index is 1.62. The molecule has 2 aromatic rings. The first-order chi connectivity index (χ1) is 13.9. The fourth-order valence-electron chi connectivity index (χ4n) is 3.76. The van der Waals surface area contributed by atoms with Gasteiger partial charge < -0.3 is 24.6 Å². The number of ether oxygens (including phenoxy) is 2. The summed E-state index contributed by atoms with van der Waals surface area (Å²) in [5.41, 5.74) is 4.77. The number of methoxy groups -OCH3 is 2. The van der Waals surface area contributed by atoms with Gasteiger partial charge in [-0.15, -0.1) is 0 Å². The highest BCUT2D eigenvalue weighted by molar-refractivity contribution is 5.75. The lowest BCUT2D eigenvalue weighted by molar-refractivity contribution is 0.191. The van der Waals surface area contributed by atoms with Gasteiger partial charge in [0.05, 0.1) is 20.3 Å². The smallest absolute Gasteiger partial charge is 0.317 e. The molecule has 0 aromatic heterocycles. The monoisotopic (exact) mass is 397 g/mol. The van der Waals surface area contributed by atoms with Crippen LogP contribution in [-0.4, -0.2) is 51.3 Å². The van der Waals surface area contributed by atoms with Crippen molar-refractivity contribution in [2.75, 3.05) is 45.3 Å². The molecule has 0 aliphatic carbocycles. The molecule has 29 heavy (non-hydrogen) atoms. The molecule has 6 heteroatoms. The maximum Gasteiger partial charge on any atom is 0.317 e. The van der Waals surface area contributed by atoms with E-state index < -0.39 is 0 Å². The summed E-state index contributed by atoms with van der Waals surface area (Å²) >= 11 is 0. The van der Waals surface area contributed by atoms with Crippen LogP contribution >= 0.6 is 0 Å². The topological polar surface area (TPSA) is 54.0 Å². The number of nitrogens with zero attached hydrogens (tertiary/aromatic N) is 2. The van der Waals surface area contributed by atoms with Crippen LogP contribution in [0.5, 0.6) is 11.5 Å². The summed E-state index contributed by atoms with van der Waals surface area (Å²) in [5, 5.41) is 3.10. The summed E-state index contributed by atoms with van der Waals surface area (Å²) in [5.74, 6) is 1.47. The fourth-order valence-corrected chi connectivity index (χ4v) is 3.76.